The molecule has 1 aliphatic carbocycles. The van der Waals surface area contributed by atoms with Crippen molar-refractivity contribution < 1.29 is 38.6 Å². The first-order valence-electron chi connectivity index (χ1n) is 13.1. The summed E-state index contributed by atoms with van der Waals surface area (Å²) in [6.45, 7) is 2.78. The molecule has 4 rings (SSSR count). The molecular formula is C26H33N5O8. The number of nitrogens with one attached hydrogen (secondary N) is 1. The number of piperazine rings is 1. The molecule has 1 saturated carbocycles. The van der Waals surface area contributed by atoms with Crippen molar-refractivity contribution in [1.82, 2.24) is 25.1 Å². The Morgan fingerprint density at radius 1 is 1.10 bits per heavy atom. The van der Waals surface area contributed by atoms with E-state index in [9.17, 15) is 24.3 Å². The number of rotatable bonds is 11. The highest BCUT2D eigenvalue weighted by Gasteiger charge is 2.31. The van der Waals surface area contributed by atoms with Crippen molar-refractivity contribution in [3.05, 3.63) is 42.1 Å². The molecule has 2 fully saturated rings. The number of nitrogens with zero attached hydrogens (tertiary/aromatic N) is 4. The van der Waals surface area contributed by atoms with Crippen LogP contribution in [0.1, 0.15) is 49.5 Å². The molecule has 2 amide bonds. The minimum atomic E-state index is -1.08. The average Bonchev–Trinajstić information content (AvgIpc) is 3.33. The van der Waals surface area contributed by atoms with Crippen molar-refractivity contribution in [2.45, 2.75) is 51.2 Å². The summed E-state index contributed by atoms with van der Waals surface area (Å²) in [4.78, 5) is 56.0. The van der Waals surface area contributed by atoms with E-state index in [-0.39, 0.29) is 57.4 Å². The molecule has 1 saturated heterocycles. The van der Waals surface area contributed by atoms with Crippen LogP contribution in [0.4, 0.5) is 4.79 Å². The minimum Gasteiger partial charge on any atom is -0.481 e. The molecule has 2 heterocycles. The lowest BCUT2D eigenvalue weighted by Crippen LogP contribution is -2.55. The summed E-state index contributed by atoms with van der Waals surface area (Å²) in [5, 5.41) is 17.7. The molecule has 1 aliphatic heterocycles. The first-order chi connectivity index (χ1) is 18.8. The van der Waals surface area contributed by atoms with E-state index in [1.165, 1.54) is 16.0 Å². The topological polar surface area (TPSA) is 153 Å². The van der Waals surface area contributed by atoms with Crippen molar-refractivity contribution in [2.75, 3.05) is 32.8 Å². The van der Waals surface area contributed by atoms with Gasteiger partial charge in [-0.05, 0) is 44.7 Å². The number of aliphatic carboxylic acids is 1. The molecule has 13 nitrogen and oxygen atoms in total. The third-order valence-electron chi connectivity index (χ3n) is 6.52. The Labute approximate surface area is 225 Å². The largest absolute Gasteiger partial charge is 0.527 e. The van der Waals surface area contributed by atoms with Crippen molar-refractivity contribution in [3.8, 4) is 11.6 Å². The molecule has 0 radical (unpaired) electrons. The number of hydroxylamine groups is 2. The predicted octanol–water partition coefficient (Wildman–Crippen LogP) is 2.00. The molecule has 13 heteroatoms. The number of carbonyl (C=O) groups is 4. The van der Waals surface area contributed by atoms with Gasteiger partial charge in [0, 0.05) is 25.6 Å². The highest BCUT2D eigenvalue weighted by atomic mass is 16.8. The van der Waals surface area contributed by atoms with Crippen LogP contribution in [0.3, 0.4) is 0 Å². The van der Waals surface area contributed by atoms with Gasteiger partial charge in [-0.1, -0.05) is 18.2 Å². The zero-order chi connectivity index (χ0) is 27.8. The van der Waals surface area contributed by atoms with Crippen molar-refractivity contribution in [2.24, 2.45) is 0 Å². The quantitative estimate of drug-likeness (QED) is 0.403. The number of carboxylic acids is 1. The van der Waals surface area contributed by atoms with Gasteiger partial charge >= 0.3 is 12.1 Å². The Hall–Kier alpha value is -4.13. The van der Waals surface area contributed by atoms with Crippen LogP contribution < -0.4 is 10.1 Å². The van der Waals surface area contributed by atoms with Gasteiger partial charge in [0.05, 0.1) is 25.4 Å². The van der Waals surface area contributed by atoms with Crippen LogP contribution in [-0.4, -0.2) is 93.7 Å². The van der Waals surface area contributed by atoms with E-state index in [0.717, 1.165) is 19.3 Å². The molecule has 0 unspecified atom stereocenters. The van der Waals surface area contributed by atoms with Gasteiger partial charge in [0.1, 0.15) is 12.1 Å². The lowest BCUT2D eigenvalue weighted by atomic mass is 9.96. The first-order valence-corrected chi connectivity index (χ1v) is 13.1. The number of hydrogen-bond acceptors (Lipinski definition) is 9. The van der Waals surface area contributed by atoms with Crippen LogP contribution >= 0.6 is 0 Å². The van der Waals surface area contributed by atoms with Gasteiger partial charge in [0.25, 0.3) is 5.91 Å². The van der Waals surface area contributed by atoms with Gasteiger partial charge in [-0.3, -0.25) is 14.4 Å². The minimum absolute atomic E-state index is 0.0500. The fraction of sp³-hybridized carbons (Fsp3) is 0.500. The fourth-order valence-electron chi connectivity index (χ4n) is 4.20. The molecule has 1 aromatic carbocycles. The Bertz CT molecular complexity index is 1160. The highest BCUT2D eigenvalue weighted by Crippen LogP contribution is 2.27. The molecule has 1 aromatic heterocycles. The third-order valence-corrected chi connectivity index (χ3v) is 6.52. The van der Waals surface area contributed by atoms with E-state index in [2.05, 4.69) is 10.4 Å². The first kappa shape index (κ1) is 27.9. The molecule has 210 valence electrons. The summed E-state index contributed by atoms with van der Waals surface area (Å²) in [7, 11) is 0. The van der Waals surface area contributed by atoms with Crippen LogP contribution in [0.15, 0.2) is 36.4 Å². The highest BCUT2D eigenvalue weighted by molar-refractivity contribution is 5.96. The van der Waals surface area contributed by atoms with E-state index >= 15 is 0 Å². The Kier molecular flexibility index (Phi) is 9.36. The molecule has 2 N–H and O–H groups in total. The normalized spacial score (nSPS) is 16.6. The molecular weight excluding hydrogens is 510 g/mol. The van der Waals surface area contributed by atoms with Gasteiger partial charge in [-0.25, -0.2) is 9.48 Å². The molecule has 0 spiro atoms. The SMILES string of the molecule is CCOC(=O)ON1CCN(C(=O)[C@H](CCC(=O)O)NC(=O)c2cc(OC3CCC3)n(-c3ccccc3)n2)CC1. The number of carbonyl (C=O) groups excluding carboxylic acids is 3. The van der Waals surface area contributed by atoms with Crippen molar-refractivity contribution >= 4 is 23.9 Å². The second-order valence-corrected chi connectivity index (χ2v) is 9.27. The number of hydrogen-bond donors (Lipinski definition) is 2. The summed E-state index contributed by atoms with van der Waals surface area (Å²) >= 11 is 0. The second-order valence-electron chi connectivity index (χ2n) is 9.27. The van der Waals surface area contributed by atoms with Gasteiger partial charge in [-0.15, -0.1) is 5.06 Å². The standard InChI is InChI=1S/C26H33N5O8/c1-2-37-26(36)39-30-15-13-29(14-16-30)25(35)20(11-12-23(32)33)27-24(34)21-17-22(38-19-9-6-10-19)31(28-21)18-7-4-3-5-8-18/h3-5,7-8,17,19-20H,2,6,9-16H2,1H3,(H,27,34)(H,32,33)/t20-/m0/s1. The number of carboxylic acid groups (broad SMARTS) is 1. The molecule has 1 atom stereocenters. The maximum atomic E-state index is 13.3. The number of ether oxygens (including phenoxy) is 2. The Morgan fingerprint density at radius 2 is 1.82 bits per heavy atom. The van der Waals surface area contributed by atoms with E-state index in [1.54, 1.807) is 11.6 Å². The van der Waals surface area contributed by atoms with E-state index in [4.69, 9.17) is 14.3 Å². The number of aromatic nitrogens is 2. The predicted molar refractivity (Wildman–Crippen MR) is 136 cm³/mol. The van der Waals surface area contributed by atoms with E-state index in [1.807, 2.05) is 30.3 Å². The molecule has 2 aromatic rings. The van der Waals surface area contributed by atoms with Crippen LogP contribution in [0.25, 0.3) is 5.69 Å². The smallest absolute Gasteiger partial charge is 0.481 e. The van der Waals surface area contributed by atoms with Gasteiger partial charge in [-0.2, -0.15) is 5.10 Å². The van der Waals surface area contributed by atoms with Crippen LogP contribution in [0, 0.1) is 0 Å². The maximum Gasteiger partial charge on any atom is 0.527 e. The fourth-order valence-corrected chi connectivity index (χ4v) is 4.20. The zero-order valence-corrected chi connectivity index (χ0v) is 21.8. The zero-order valence-electron chi connectivity index (χ0n) is 21.8. The van der Waals surface area contributed by atoms with Crippen LogP contribution in [0.5, 0.6) is 5.88 Å². The summed E-state index contributed by atoms with van der Waals surface area (Å²) in [5.41, 5.74) is 0.765. The summed E-state index contributed by atoms with van der Waals surface area (Å²) in [6, 6.07) is 9.70. The summed E-state index contributed by atoms with van der Waals surface area (Å²) < 4.78 is 12.4. The van der Waals surface area contributed by atoms with E-state index in [0.29, 0.717) is 11.6 Å². The number of para-hydroxylation sites is 1. The van der Waals surface area contributed by atoms with Crippen LogP contribution in [0.2, 0.25) is 0 Å². The number of amides is 2. The van der Waals surface area contributed by atoms with Crippen LogP contribution in [-0.2, 0) is 19.2 Å². The van der Waals surface area contributed by atoms with Gasteiger partial charge in [0.15, 0.2) is 5.69 Å². The number of benzene rings is 1. The molecule has 2 aliphatic rings. The second kappa shape index (κ2) is 13.1. The van der Waals surface area contributed by atoms with Crippen molar-refractivity contribution in [3.63, 3.8) is 0 Å². The van der Waals surface area contributed by atoms with Crippen molar-refractivity contribution in [1.29, 1.82) is 0 Å². The molecule has 39 heavy (non-hydrogen) atoms. The lowest BCUT2D eigenvalue weighted by Gasteiger charge is -2.35. The Balaban J connectivity index is 1.45. The average molecular weight is 544 g/mol. The third kappa shape index (κ3) is 7.47. The lowest BCUT2D eigenvalue weighted by molar-refractivity contribution is -0.157. The molecule has 0 bridgehead atoms. The summed E-state index contributed by atoms with van der Waals surface area (Å²) in [5.74, 6) is -1.70. The Morgan fingerprint density at radius 3 is 2.44 bits per heavy atom. The van der Waals surface area contributed by atoms with E-state index < -0.39 is 30.0 Å². The van der Waals surface area contributed by atoms with Gasteiger partial charge in [0.2, 0.25) is 11.8 Å². The monoisotopic (exact) mass is 543 g/mol. The summed E-state index contributed by atoms with van der Waals surface area (Å²) in [6.07, 6.45) is 1.75. The maximum absolute atomic E-state index is 13.3. The van der Waals surface area contributed by atoms with Gasteiger partial charge < -0.3 is 29.6 Å².